The SMILES string of the molecule is C=CC(=O)OCCCCCCn1c(-c2ccccc2)cc(=O)[nH]c1=O. The fourth-order valence-electron chi connectivity index (χ4n) is 2.55. The van der Waals surface area contributed by atoms with E-state index in [4.69, 9.17) is 4.74 Å². The Labute approximate surface area is 145 Å². The molecule has 0 radical (unpaired) electrons. The smallest absolute Gasteiger partial charge is 0.330 e. The topological polar surface area (TPSA) is 81.2 Å². The summed E-state index contributed by atoms with van der Waals surface area (Å²) in [5.74, 6) is -0.410. The van der Waals surface area contributed by atoms with Gasteiger partial charge in [-0.2, -0.15) is 0 Å². The van der Waals surface area contributed by atoms with Crippen molar-refractivity contribution in [1.82, 2.24) is 9.55 Å². The van der Waals surface area contributed by atoms with Gasteiger partial charge in [0.2, 0.25) is 0 Å². The number of carbonyl (C=O) groups is 1. The highest BCUT2D eigenvalue weighted by molar-refractivity contribution is 5.81. The fraction of sp³-hybridized carbons (Fsp3) is 0.316. The summed E-state index contributed by atoms with van der Waals surface area (Å²) >= 11 is 0. The number of unbranched alkanes of at least 4 members (excludes halogenated alkanes) is 3. The molecule has 0 fully saturated rings. The molecule has 0 amide bonds. The summed E-state index contributed by atoms with van der Waals surface area (Å²) in [5, 5.41) is 0. The van der Waals surface area contributed by atoms with E-state index in [1.54, 1.807) is 4.57 Å². The Kier molecular flexibility index (Phi) is 6.95. The number of esters is 1. The van der Waals surface area contributed by atoms with Crippen molar-refractivity contribution in [2.75, 3.05) is 6.61 Å². The number of carbonyl (C=O) groups excluding carboxylic acids is 1. The monoisotopic (exact) mass is 342 g/mol. The molecule has 6 nitrogen and oxygen atoms in total. The molecule has 2 aromatic rings. The molecule has 25 heavy (non-hydrogen) atoms. The van der Waals surface area contributed by atoms with Gasteiger partial charge in [0, 0.05) is 18.7 Å². The van der Waals surface area contributed by atoms with Crippen LogP contribution in [0.2, 0.25) is 0 Å². The Balaban J connectivity index is 1.94. The lowest BCUT2D eigenvalue weighted by Gasteiger charge is -2.12. The standard InChI is InChI=1S/C19H22N2O4/c1-2-18(23)25-13-9-4-3-8-12-21-16(14-17(22)20-19(21)24)15-10-6-5-7-11-15/h2,5-7,10-11,14H,1,3-4,8-9,12-13H2,(H,20,22,24). The number of hydrogen-bond donors (Lipinski definition) is 1. The Bertz CT molecular complexity index is 821. The number of hydrogen-bond acceptors (Lipinski definition) is 4. The molecule has 1 aromatic carbocycles. The number of rotatable bonds is 9. The molecule has 132 valence electrons. The van der Waals surface area contributed by atoms with Crippen LogP contribution in [0.5, 0.6) is 0 Å². The highest BCUT2D eigenvalue weighted by Crippen LogP contribution is 2.16. The molecule has 0 saturated heterocycles. The summed E-state index contributed by atoms with van der Waals surface area (Å²) in [6.45, 7) is 4.23. The van der Waals surface area contributed by atoms with Crippen LogP contribution in [-0.4, -0.2) is 22.1 Å². The molecule has 0 aliphatic rings. The first-order valence-corrected chi connectivity index (χ1v) is 8.30. The second kappa shape index (κ2) is 9.42. The van der Waals surface area contributed by atoms with Crippen LogP contribution in [-0.2, 0) is 16.1 Å². The second-order valence-electron chi connectivity index (χ2n) is 5.63. The predicted molar refractivity (Wildman–Crippen MR) is 96.4 cm³/mol. The van der Waals surface area contributed by atoms with E-state index in [2.05, 4.69) is 11.6 Å². The third-order valence-corrected chi connectivity index (χ3v) is 3.79. The van der Waals surface area contributed by atoms with Gasteiger partial charge in [-0.05, 0) is 24.8 Å². The molecule has 0 aliphatic heterocycles. The molecule has 0 aliphatic carbocycles. The van der Waals surface area contributed by atoms with E-state index in [-0.39, 0.29) is 0 Å². The highest BCUT2D eigenvalue weighted by atomic mass is 16.5. The van der Waals surface area contributed by atoms with Gasteiger partial charge in [-0.15, -0.1) is 0 Å². The average molecular weight is 342 g/mol. The molecular formula is C19H22N2O4. The first-order valence-electron chi connectivity index (χ1n) is 8.30. The van der Waals surface area contributed by atoms with E-state index in [1.807, 2.05) is 30.3 Å². The van der Waals surface area contributed by atoms with Crippen LogP contribution in [0, 0.1) is 0 Å². The lowest BCUT2D eigenvalue weighted by molar-refractivity contribution is -0.137. The van der Waals surface area contributed by atoms with Crippen LogP contribution >= 0.6 is 0 Å². The number of nitrogens with zero attached hydrogens (tertiary/aromatic N) is 1. The van der Waals surface area contributed by atoms with Crippen molar-refractivity contribution in [2.24, 2.45) is 0 Å². The van der Waals surface area contributed by atoms with Crippen molar-refractivity contribution in [1.29, 1.82) is 0 Å². The van der Waals surface area contributed by atoms with Gasteiger partial charge >= 0.3 is 11.7 Å². The second-order valence-corrected chi connectivity index (χ2v) is 5.63. The van der Waals surface area contributed by atoms with Gasteiger partial charge in [-0.25, -0.2) is 9.59 Å². The third kappa shape index (κ3) is 5.60. The van der Waals surface area contributed by atoms with Crippen LogP contribution in [0.1, 0.15) is 25.7 Å². The van der Waals surface area contributed by atoms with E-state index in [1.165, 1.54) is 6.07 Å². The highest BCUT2D eigenvalue weighted by Gasteiger charge is 2.08. The van der Waals surface area contributed by atoms with Crippen LogP contribution < -0.4 is 11.2 Å². The van der Waals surface area contributed by atoms with Crippen LogP contribution in [0.3, 0.4) is 0 Å². The molecule has 1 heterocycles. The summed E-state index contributed by atoms with van der Waals surface area (Å²) in [7, 11) is 0. The number of nitrogens with one attached hydrogen (secondary N) is 1. The van der Waals surface area contributed by atoms with Crippen LogP contribution in [0.25, 0.3) is 11.3 Å². The Morgan fingerprint density at radius 2 is 1.84 bits per heavy atom. The van der Waals surface area contributed by atoms with E-state index in [0.29, 0.717) is 18.8 Å². The molecule has 1 aromatic heterocycles. The van der Waals surface area contributed by atoms with E-state index >= 15 is 0 Å². The maximum Gasteiger partial charge on any atom is 0.330 e. The van der Waals surface area contributed by atoms with Gasteiger partial charge < -0.3 is 4.74 Å². The molecule has 0 spiro atoms. The lowest BCUT2D eigenvalue weighted by atomic mass is 10.1. The quantitative estimate of drug-likeness (QED) is 0.431. The van der Waals surface area contributed by atoms with Crippen molar-refractivity contribution in [3.63, 3.8) is 0 Å². The third-order valence-electron chi connectivity index (χ3n) is 3.79. The molecule has 0 atom stereocenters. The first-order chi connectivity index (χ1) is 12.1. The molecule has 6 heteroatoms. The number of ether oxygens (including phenoxy) is 1. The van der Waals surface area contributed by atoms with E-state index in [9.17, 15) is 14.4 Å². The Hall–Kier alpha value is -2.89. The van der Waals surface area contributed by atoms with Crippen LogP contribution in [0.4, 0.5) is 0 Å². The van der Waals surface area contributed by atoms with Crippen molar-refractivity contribution in [3.05, 3.63) is 69.9 Å². The van der Waals surface area contributed by atoms with Gasteiger partial charge in [-0.1, -0.05) is 43.3 Å². The summed E-state index contributed by atoms with van der Waals surface area (Å²) in [6, 6.07) is 10.8. The van der Waals surface area contributed by atoms with Gasteiger partial charge in [0.1, 0.15) is 0 Å². The Morgan fingerprint density at radius 1 is 1.12 bits per heavy atom. The predicted octanol–water partition coefficient (Wildman–Crippen LogP) is 2.49. The minimum atomic E-state index is -0.410. The maximum atomic E-state index is 12.1. The minimum Gasteiger partial charge on any atom is -0.463 e. The minimum absolute atomic E-state index is 0.374. The van der Waals surface area contributed by atoms with Crippen LogP contribution in [0.15, 0.2) is 58.6 Å². The molecule has 1 N–H and O–H groups in total. The van der Waals surface area contributed by atoms with Gasteiger partial charge in [0.25, 0.3) is 5.56 Å². The molecular weight excluding hydrogens is 320 g/mol. The summed E-state index contributed by atoms with van der Waals surface area (Å²) < 4.78 is 6.51. The Morgan fingerprint density at radius 3 is 2.56 bits per heavy atom. The molecule has 0 bridgehead atoms. The summed E-state index contributed by atoms with van der Waals surface area (Å²) in [6.07, 6.45) is 4.50. The number of benzene rings is 1. The zero-order chi connectivity index (χ0) is 18.1. The van der Waals surface area contributed by atoms with E-state index in [0.717, 1.165) is 37.3 Å². The van der Waals surface area contributed by atoms with Gasteiger partial charge in [0.05, 0.1) is 12.3 Å². The fourth-order valence-corrected chi connectivity index (χ4v) is 2.55. The van der Waals surface area contributed by atoms with Crippen molar-refractivity contribution >= 4 is 5.97 Å². The molecule has 2 rings (SSSR count). The number of aromatic amines is 1. The van der Waals surface area contributed by atoms with Gasteiger partial charge in [-0.3, -0.25) is 14.3 Å². The largest absolute Gasteiger partial charge is 0.463 e. The van der Waals surface area contributed by atoms with E-state index < -0.39 is 17.2 Å². The average Bonchev–Trinajstić information content (AvgIpc) is 2.62. The summed E-state index contributed by atoms with van der Waals surface area (Å²) in [5.41, 5.74) is 0.659. The zero-order valence-corrected chi connectivity index (χ0v) is 14.1. The summed E-state index contributed by atoms with van der Waals surface area (Å²) in [4.78, 5) is 37.0. The zero-order valence-electron chi connectivity index (χ0n) is 14.1. The molecule has 0 saturated carbocycles. The lowest BCUT2D eigenvalue weighted by Crippen LogP contribution is -2.30. The first kappa shape index (κ1) is 18.4. The number of aromatic nitrogens is 2. The number of H-pyrrole nitrogens is 1. The van der Waals surface area contributed by atoms with Crippen molar-refractivity contribution in [3.8, 4) is 11.3 Å². The van der Waals surface area contributed by atoms with Crippen molar-refractivity contribution < 1.29 is 9.53 Å². The normalized spacial score (nSPS) is 10.4. The van der Waals surface area contributed by atoms with Gasteiger partial charge in [0.15, 0.2) is 0 Å². The van der Waals surface area contributed by atoms with Crippen molar-refractivity contribution in [2.45, 2.75) is 32.2 Å². The molecule has 0 unspecified atom stereocenters. The maximum absolute atomic E-state index is 12.1.